The lowest BCUT2D eigenvalue weighted by atomic mass is 10.6. The molecule has 5 heteroatoms. The first-order valence-electron chi connectivity index (χ1n) is 2.41. The van der Waals surface area contributed by atoms with Gasteiger partial charge in [-0.2, -0.15) is 0 Å². The van der Waals surface area contributed by atoms with Crippen LogP contribution < -0.4 is 11.5 Å². The average Bonchev–Trinajstić information content (AvgIpc) is 1.68. The number of aliphatic hydroxyl groups is 1. The molecule has 0 aliphatic carbocycles. The lowest BCUT2D eigenvalue weighted by Gasteiger charge is -1.90. The van der Waals surface area contributed by atoms with Gasteiger partial charge in [0, 0.05) is 6.61 Å². The Morgan fingerprint density at radius 3 is 1.78 bits per heavy atom. The van der Waals surface area contributed by atoms with Crippen molar-refractivity contribution in [3.05, 3.63) is 0 Å². The van der Waals surface area contributed by atoms with E-state index >= 15 is 0 Å². The number of carboxylic acid groups (broad SMARTS) is 1. The maximum Gasteiger partial charge on any atom is 0.335 e. The van der Waals surface area contributed by atoms with Crippen molar-refractivity contribution in [2.24, 2.45) is 11.5 Å². The molecule has 0 rings (SSSR count). The second-order valence-corrected chi connectivity index (χ2v) is 1.18. The molecule has 0 fully saturated rings. The van der Waals surface area contributed by atoms with Crippen LogP contribution in [0.2, 0.25) is 0 Å². The van der Waals surface area contributed by atoms with Crippen LogP contribution in [0.5, 0.6) is 0 Å². The lowest BCUT2D eigenvalue weighted by molar-refractivity contribution is -0.138. The molecule has 0 aliphatic heterocycles. The largest absolute Gasteiger partial charge is 0.479 e. The molecular weight excluding hydrogens is 124 g/mol. The summed E-state index contributed by atoms with van der Waals surface area (Å²) in [5.74, 6) is -1.19. The van der Waals surface area contributed by atoms with Crippen LogP contribution in [0.25, 0.3) is 0 Å². The van der Waals surface area contributed by atoms with Crippen molar-refractivity contribution in [1.82, 2.24) is 0 Å². The van der Waals surface area contributed by atoms with Gasteiger partial charge in [0.2, 0.25) is 0 Å². The minimum absolute atomic E-state index is 0.250. The molecule has 0 aromatic rings. The molecular formula is C4H12N2O3. The highest BCUT2D eigenvalue weighted by Gasteiger charge is 1.99. The molecule has 0 amide bonds. The highest BCUT2D eigenvalue weighted by Crippen LogP contribution is 1.56. The van der Waals surface area contributed by atoms with Gasteiger partial charge in [-0.1, -0.05) is 0 Å². The summed E-state index contributed by atoms with van der Waals surface area (Å²) in [7, 11) is 0. The zero-order valence-corrected chi connectivity index (χ0v) is 5.24. The summed E-state index contributed by atoms with van der Waals surface area (Å²) in [6, 6.07) is 0. The van der Waals surface area contributed by atoms with E-state index in [1.54, 1.807) is 6.92 Å². The van der Waals surface area contributed by atoms with Crippen LogP contribution in [0.4, 0.5) is 0 Å². The van der Waals surface area contributed by atoms with Gasteiger partial charge >= 0.3 is 5.97 Å². The smallest absolute Gasteiger partial charge is 0.335 e. The first kappa shape index (κ1) is 11.2. The zero-order chi connectivity index (χ0) is 7.86. The molecule has 0 unspecified atom stereocenters. The normalized spacial score (nSPS) is 8.11. The van der Waals surface area contributed by atoms with Crippen LogP contribution in [0.1, 0.15) is 6.92 Å². The van der Waals surface area contributed by atoms with Gasteiger partial charge in [-0.15, -0.1) is 0 Å². The Morgan fingerprint density at radius 2 is 1.78 bits per heavy atom. The van der Waals surface area contributed by atoms with Crippen LogP contribution in [0, 0.1) is 0 Å². The highest BCUT2D eigenvalue weighted by molar-refractivity contribution is 5.72. The molecule has 0 bridgehead atoms. The summed E-state index contributed by atoms with van der Waals surface area (Å²) in [4.78, 5) is 9.45. The summed E-state index contributed by atoms with van der Waals surface area (Å²) in [6.07, 6.45) is -1.23. The topological polar surface area (TPSA) is 110 Å². The van der Waals surface area contributed by atoms with Crippen molar-refractivity contribution in [2.45, 2.75) is 13.1 Å². The molecule has 56 valence electrons. The standard InChI is InChI=1S/C2H6N2O2.C2H6O/c3-1(4)2(5)6;1-2-3/h1H,3-4H2,(H,5,6);3H,2H2,1H3. The molecule has 0 saturated heterocycles. The van der Waals surface area contributed by atoms with Gasteiger partial charge in [0.25, 0.3) is 0 Å². The van der Waals surface area contributed by atoms with E-state index in [2.05, 4.69) is 11.5 Å². The van der Waals surface area contributed by atoms with Gasteiger partial charge in [0.15, 0.2) is 6.17 Å². The molecule has 6 N–H and O–H groups in total. The SMILES string of the molecule is CCO.NC(N)C(=O)O. The van der Waals surface area contributed by atoms with E-state index in [-0.39, 0.29) is 6.61 Å². The van der Waals surface area contributed by atoms with Crippen molar-refractivity contribution in [3.8, 4) is 0 Å². The summed E-state index contributed by atoms with van der Waals surface area (Å²) >= 11 is 0. The molecule has 0 spiro atoms. The third-order valence-corrected chi connectivity index (χ3v) is 0.285. The number of carbonyl (C=O) groups is 1. The van der Waals surface area contributed by atoms with E-state index in [9.17, 15) is 4.79 Å². The summed E-state index contributed by atoms with van der Waals surface area (Å²) in [5.41, 5.74) is 9.23. The Bertz CT molecular complexity index is 74.2. The minimum Gasteiger partial charge on any atom is -0.479 e. The molecule has 0 aromatic carbocycles. The third-order valence-electron chi connectivity index (χ3n) is 0.285. The molecule has 0 atom stereocenters. The monoisotopic (exact) mass is 136 g/mol. The van der Waals surface area contributed by atoms with Crippen molar-refractivity contribution >= 4 is 5.97 Å². The summed E-state index contributed by atoms with van der Waals surface area (Å²) in [6.45, 7) is 1.93. The average molecular weight is 136 g/mol. The van der Waals surface area contributed by atoms with Gasteiger partial charge in [-0.3, -0.25) is 0 Å². The number of rotatable bonds is 1. The Morgan fingerprint density at radius 1 is 1.67 bits per heavy atom. The summed E-state index contributed by atoms with van der Waals surface area (Å²) in [5, 5.41) is 15.3. The number of aliphatic hydroxyl groups excluding tert-OH is 1. The maximum atomic E-state index is 9.45. The number of hydrogen-bond acceptors (Lipinski definition) is 4. The molecule has 0 heterocycles. The fourth-order valence-electron chi connectivity index (χ4n) is 0. The quantitative estimate of drug-likeness (QED) is 0.322. The van der Waals surface area contributed by atoms with Gasteiger partial charge in [0.05, 0.1) is 0 Å². The first-order chi connectivity index (χ1) is 4.06. The molecule has 0 saturated carbocycles. The van der Waals surface area contributed by atoms with Gasteiger partial charge < -0.3 is 21.7 Å². The minimum atomic E-state index is -1.23. The zero-order valence-electron chi connectivity index (χ0n) is 5.24. The van der Waals surface area contributed by atoms with Crippen LogP contribution in [-0.2, 0) is 4.79 Å². The number of nitrogens with two attached hydrogens (primary N) is 2. The van der Waals surface area contributed by atoms with Gasteiger partial charge in [0.1, 0.15) is 0 Å². The number of hydrogen-bond donors (Lipinski definition) is 4. The van der Waals surface area contributed by atoms with Crippen molar-refractivity contribution < 1.29 is 15.0 Å². The molecule has 9 heavy (non-hydrogen) atoms. The lowest BCUT2D eigenvalue weighted by Crippen LogP contribution is -2.38. The predicted octanol–water partition coefficient (Wildman–Crippen LogP) is -1.69. The number of carboxylic acids is 1. The fourth-order valence-corrected chi connectivity index (χ4v) is 0. The van der Waals surface area contributed by atoms with E-state index in [0.717, 1.165) is 0 Å². The van der Waals surface area contributed by atoms with E-state index in [4.69, 9.17) is 10.2 Å². The van der Waals surface area contributed by atoms with E-state index < -0.39 is 12.1 Å². The van der Waals surface area contributed by atoms with Crippen molar-refractivity contribution in [2.75, 3.05) is 6.61 Å². The van der Waals surface area contributed by atoms with Gasteiger partial charge in [-0.25, -0.2) is 4.79 Å². The Hall–Kier alpha value is -0.650. The maximum absolute atomic E-state index is 9.45. The van der Waals surface area contributed by atoms with E-state index in [1.807, 2.05) is 0 Å². The van der Waals surface area contributed by atoms with Crippen molar-refractivity contribution in [1.29, 1.82) is 0 Å². The second kappa shape index (κ2) is 7.35. The van der Waals surface area contributed by atoms with Crippen LogP contribution in [0.15, 0.2) is 0 Å². The van der Waals surface area contributed by atoms with Crippen LogP contribution in [0.3, 0.4) is 0 Å². The molecule has 0 aliphatic rings. The Kier molecular flexibility index (Phi) is 9.14. The predicted molar refractivity (Wildman–Crippen MR) is 32.6 cm³/mol. The number of aliphatic carboxylic acids is 1. The Labute approximate surface area is 53.3 Å². The van der Waals surface area contributed by atoms with Gasteiger partial charge in [-0.05, 0) is 6.92 Å². The summed E-state index contributed by atoms with van der Waals surface area (Å²) < 4.78 is 0. The highest BCUT2D eigenvalue weighted by atomic mass is 16.4. The second-order valence-electron chi connectivity index (χ2n) is 1.18. The van der Waals surface area contributed by atoms with Crippen LogP contribution in [-0.4, -0.2) is 29.0 Å². The molecule has 0 radical (unpaired) electrons. The molecule has 5 nitrogen and oxygen atoms in total. The van der Waals surface area contributed by atoms with E-state index in [0.29, 0.717) is 0 Å². The fraction of sp³-hybridized carbons (Fsp3) is 0.750. The van der Waals surface area contributed by atoms with Crippen LogP contribution >= 0.6 is 0 Å². The molecule has 0 aromatic heterocycles. The first-order valence-corrected chi connectivity index (χ1v) is 2.41. The Balaban J connectivity index is 0. The third kappa shape index (κ3) is 18.7. The van der Waals surface area contributed by atoms with E-state index in [1.165, 1.54) is 0 Å². The van der Waals surface area contributed by atoms with Crippen molar-refractivity contribution in [3.63, 3.8) is 0 Å².